The van der Waals surface area contributed by atoms with Gasteiger partial charge in [-0.05, 0) is 36.9 Å². The zero-order chi connectivity index (χ0) is 21.7. The molecule has 0 aromatic heterocycles. The fraction of sp³-hybridized carbons (Fsp3) is 0.429. The van der Waals surface area contributed by atoms with Crippen LogP contribution in [0.4, 0.5) is 4.39 Å². The summed E-state index contributed by atoms with van der Waals surface area (Å²) >= 11 is 0. The number of hydrogen-bond acceptors (Lipinski definition) is 6. The standard InChI is InChI=1S/C21H28FN3O4S/c1-24-10-12-25(13-11-24)19(16-4-6-17(22)7-5-16)15-23-30(26,27)21-14-18(28-2)8-9-20(21)29-3/h4-9,14,19,23H,10-13,15H2,1-3H3/t19-/m1/s1. The minimum Gasteiger partial charge on any atom is -0.497 e. The average Bonchev–Trinajstić information content (AvgIpc) is 2.75. The van der Waals surface area contributed by atoms with Crippen molar-refractivity contribution in [1.82, 2.24) is 14.5 Å². The second-order valence-electron chi connectivity index (χ2n) is 7.28. The molecule has 0 radical (unpaired) electrons. The van der Waals surface area contributed by atoms with Crippen LogP contribution in [0.3, 0.4) is 0 Å². The van der Waals surface area contributed by atoms with Crippen molar-refractivity contribution in [1.29, 1.82) is 0 Å². The lowest BCUT2D eigenvalue weighted by molar-refractivity contribution is 0.113. The SMILES string of the molecule is COc1ccc(OC)c(S(=O)(=O)NC[C@H](c2ccc(F)cc2)N2CCN(C)CC2)c1. The van der Waals surface area contributed by atoms with E-state index in [0.717, 1.165) is 31.7 Å². The Labute approximate surface area is 177 Å². The van der Waals surface area contributed by atoms with Crippen molar-refractivity contribution in [3.63, 3.8) is 0 Å². The molecule has 30 heavy (non-hydrogen) atoms. The molecule has 3 rings (SSSR count). The molecule has 1 atom stereocenters. The van der Waals surface area contributed by atoms with Crippen LogP contribution in [-0.4, -0.2) is 72.2 Å². The molecular weight excluding hydrogens is 409 g/mol. The van der Waals surface area contributed by atoms with Gasteiger partial charge in [-0.1, -0.05) is 12.1 Å². The Morgan fingerprint density at radius 1 is 1.03 bits per heavy atom. The highest BCUT2D eigenvalue weighted by atomic mass is 32.2. The van der Waals surface area contributed by atoms with Gasteiger partial charge in [-0.2, -0.15) is 0 Å². The Hall–Kier alpha value is -2.20. The summed E-state index contributed by atoms with van der Waals surface area (Å²) < 4.78 is 52.7. The van der Waals surface area contributed by atoms with Gasteiger partial charge in [0.15, 0.2) is 0 Å². The van der Waals surface area contributed by atoms with Crippen molar-refractivity contribution < 1.29 is 22.3 Å². The molecule has 1 aliphatic heterocycles. The van der Waals surface area contributed by atoms with Gasteiger partial charge < -0.3 is 14.4 Å². The van der Waals surface area contributed by atoms with Crippen LogP contribution in [-0.2, 0) is 10.0 Å². The monoisotopic (exact) mass is 437 g/mol. The summed E-state index contributed by atoms with van der Waals surface area (Å²) in [5.41, 5.74) is 0.862. The minimum atomic E-state index is -3.86. The zero-order valence-corrected chi connectivity index (χ0v) is 18.3. The van der Waals surface area contributed by atoms with Crippen molar-refractivity contribution in [3.8, 4) is 11.5 Å². The van der Waals surface area contributed by atoms with Crippen LogP contribution >= 0.6 is 0 Å². The van der Waals surface area contributed by atoms with Crippen LogP contribution in [0, 0.1) is 5.82 Å². The van der Waals surface area contributed by atoms with Gasteiger partial charge in [0.25, 0.3) is 0 Å². The minimum absolute atomic E-state index is 0.0144. The van der Waals surface area contributed by atoms with Crippen LogP contribution in [0.15, 0.2) is 47.4 Å². The number of methoxy groups -OCH3 is 2. The summed E-state index contributed by atoms with van der Waals surface area (Å²) in [6.07, 6.45) is 0. The maximum atomic E-state index is 13.4. The summed E-state index contributed by atoms with van der Waals surface area (Å²) in [5.74, 6) is 0.337. The number of hydrogen-bond donors (Lipinski definition) is 1. The Kier molecular flexibility index (Phi) is 7.30. The Morgan fingerprint density at radius 2 is 1.70 bits per heavy atom. The maximum absolute atomic E-state index is 13.4. The topological polar surface area (TPSA) is 71.1 Å². The summed E-state index contributed by atoms with van der Waals surface area (Å²) in [6, 6.07) is 10.6. The maximum Gasteiger partial charge on any atom is 0.244 e. The van der Waals surface area contributed by atoms with E-state index in [-0.39, 0.29) is 29.0 Å². The molecule has 0 amide bonds. The van der Waals surface area contributed by atoms with Gasteiger partial charge in [-0.25, -0.2) is 17.5 Å². The molecule has 0 unspecified atom stereocenters. The lowest BCUT2D eigenvalue weighted by Crippen LogP contribution is -2.48. The number of nitrogens with one attached hydrogen (secondary N) is 1. The Balaban J connectivity index is 1.85. The fourth-order valence-electron chi connectivity index (χ4n) is 3.54. The van der Waals surface area contributed by atoms with Crippen LogP contribution in [0.2, 0.25) is 0 Å². The number of halogens is 1. The third-order valence-electron chi connectivity index (χ3n) is 5.36. The van der Waals surface area contributed by atoms with E-state index in [4.69, 9.17) is 9.47 Å². The quantitative estimate of drug-likeness (QED) is 0.682. The molecule has 0 aliphatic carbocycles. The number of piperazine rings is 1. The highest BCUT2D eigenvalue weighted by molar-refractivity contribution is 7.89. The number of ether oxygens (including phenoxy) is 2. The normalized spacial score (nSPS) is 16.9. The molecule has 2 aromatic carbocycles. The molecule has 0 spiro atoms. The molecule has 164 valence electrons. The highest BCUT2D eigenvalue weighted by Gasteiger charge is 2.27. The van der Waals surface area contributed by atoms with Crippen LogP contribution in [0.1, 0.15) is 11.6 Å². The van der Waals surface area contributed by atoms with Crippen molar-refractivity contribution in [2.24, 2.45) is 0 Å². The first-order valence-electron chi connectivity index (χ1n) is 9.74. The summed E-state index contributed by atoms with van der Waals surface area (Å²) in [5, 5.41) is 0. The van der Waals surface area contributed by atoms with Gasteiger partial charge in [-0.3, -0.25) is 4.90 Å². The fourth-order valence-corrected chi connectivity index (χ4v) is 4.76. The van der Waals surface area contributed by atoms with Gasteiger partial charge >= 0.3 is 0 Å². The molecule has 1 fully saturated rings. The van der Waals surface area contributed by atoms with Crippen LogP contribution < -0.4 is 14.2 Å². The molecule has 0 bridgehead atoms. The van der Waals surface area contributed by atoms with Gasteiger partial charge in [0.2, 0.25) is 10.0 Å². The molecule has 9 heteroatoms. The lowest BCUT2D eigenvalue weighted by Gasteiger charge is -2.38. The Morgan fingerprint density at radius 3 is 2.30 bits per heavy atom. The lowest BCUT2D eigenvalue weighted by atomic mass is 10.0. The molecular formula is C21H28FN3O4S. The van der Waals surface area contributed by atoms with E-state index in [2.05, 4.69) is 21.6 Å². The average molecular weight is 438 g/mol. The summed E-state index contributed by atoms with van der Waals surface area (Å²) in [4.78, 5) is 4.46. The predicted octanol–water partition coefficient (Wildman–Crippen LogP) is 2.11. The van der Waals surface area contributed by atoms with Crippen molar-refractivity contribution in [2.75, 3.05) is 54.0 Å². The molecule has 1 N–H and O–H groups in total. The third-order valence-corrected chi connectivity index (χ3v) is 6.81. The van der Waals surface area contributed by atoms with E-state index in [9.17, 15) is 12.8 Å². The number of rotatable bonds is 8. The molecule has 7 nitrogen and oxygen atoms in total. The van der Waals surface area contributed by atoms with Gasteiger partial charge in [0.05, 0.1) is 14.2 Å². The number of likely N-dealkylation sites (N-methyl/N-ethyl adjacent to an activating group) is 1. The number of nitrogens with zero attached hydrogens (tertiary/aromatic N) is 2. The first-order valence-corrected chi connectivity index (χ1v) is 11.2. The van der Waals surface area contributed by atoms with E-state index in [1.54, 1.807) is 24.3 Å². The van der Waals surface area contributed by atoms with E-state index >= 15 is 0 Å². The smallest absolute Gasteiger partial charge is 0.244 e. The zero-order valence-electron chi connectivity index (χ0n) is 17.5. The second kappa shape index (κ2) is 9.74. The van der Waals surface area contributed by atoms with E-state index in [1.807, 2.05) is 0 Å². The van der Waals surface area contributed by atoms with Crippen molar-refractivity contribution >= 4 is 10.0 Å². The molecule has 1 aliphatic rings. The van der Waals surface area contributed by atoms with Gasteiger partial charge in [0, 0.05) is 44.8 Å². The molecule has 2 aromatic rings. The molecule has 1 saturated heterocycles. The first kappa shape index (κ1) is 22.5. The second-order valence-corrected chi connectivity index (χ2v) is 9.01. The number of sulfonamides is 1. The van der Waals surface area contributed by atoms with Crippen molar-refractivity contribution in [2.45, 2.75) is 10.9 Å². The third kappa shape index (κ3) is 5.28. The van der Waals surface area contributed by atoms with Crippen molar-refractivity contribution in [3.05, 3.63) is 53.8 Å². The van der Waals surface area contributed by atoms with Crippen LogP contribution in [0.25, 0.3) is 0 Å². The first-order chi connectivity index (χ1) is 14.3. The van der Waals surface area contributed by atoms with Crippen LogP contribution in [0.5, 0.6) is 11.5 Å². The Bertz CT molecular complexity index is 945. The molecule has 0 saturated carbocycles. The van der Waals surface area contributed by atoms with Gasteiger partial charge in [-0.15, -0.1) is 0 Å². The van der Waals surface area contributed by atoms with E-state index < -0.39 is 10.0 Å². The summed E-state index contributed by atoms with van der Waals surface area (Å²) in [6.45, 7) is 3.51. The highest BCUT2D eigenvalue weighted by Crippen LogP contribution is 2.29. The predicted molar refractivity (Wildman–Crippen MR) is 113 cm³/mol. The number of benzene rings is 2. The van der Waals surface area contributed by atoms with E-state index in [0.29, 0.717) is 5.75 Å². The van der Waals surface area contributed by atoms with E-state index in [1.165, 1.54) is 32.4 Å². The summed E-state index contributed by atoms with van der Waals surface area (Å²) in [7, 11) is 1.09. The molecule has 1 heterocycles. The largest absolute Gasteiger partial charge is 0.497 e. The van der Waals surface area contributed by atoms with Gasteiger partial charge in [0.1, 0.15) is 22.2 Å².